The van der Waals surface area contributed by atoms with Gasteiger partial charge in [-0.1, -0.05) is 20.3 Å². The molecule has 4 heteroatoms. The lowest BCUT2D eigenvalue weighted by Crippen LogP contribution is -2.42. The molecule has 1 aliphatic rings. The normalized spacial score (nSPS) is 23.1. The summed E-state index contributed by atoms with van der Waals surface area (Å²) in [6.45, 7) is 8.28. The maximum absolute atomic E-state index is 11.0. The first-order valence-electron chi connectivity index (χ1n) is 6.20. The van der Waals surface area contributed by atoms with Gasteiger partial charge in [-0.2, -0.15) is 0 Å². The largest absolute Gasteiger partial charge is 0.450 e. The highest BCUT2D eigenvalue weighted by Crippen LogP contribution is 2.36. The van der Waals surface area contributed by atoms with Crippen molar-refractivity contribution < 1.29 is 9.53 Å². The number of hydrogen-bond donors (Lipinski definition) is 2. The Bertz CT molecular complexity index is 229. The lowest BCUT2D eigenvalue weighted by Gasteiger charge is -2.27. The zero-order valence-corrected chi connectivity index (χ0v) is 10.6. The molecule has 2 N–H and O–H groups in total. The van der Waals surface area contributed by atoms with Gasteiger partial charge in [0.2, 0.25) is 0 Å². The van der Waals surface area contributed by atoms with E-state index in [9.17, 15) is 4.79 Å². The summed E-state index contributed by atoms with van der Waals surface area (Å²) < 4.78 is 4.78. The SMILES string of the molecule is CCOC(=O)NCCNC1CCCC1(C)C. The van der Waals surface area contributed by atoms with Gasteiger partial charge < -0.3 is 15.4 Å². The average Bonchev–Trinajstić information content (AvgIpc) is 2.53. The maximum atomic E-state index is 11.0. The molecule has 1 fully saturated rings. The molecule has 0 aromatic heterocycles. The molecule has 1 aliphatic carbocycles. The fourth-order valence-corrected chi connectivity index (χ4v) is 2.30. The van der Waals surface area contributed by atoms with Gasteiger partial charge in [-0.25, -0.2) is 4.79 Å². The Hall–Kier alpha value is -0.770. The number of alkyl carbamates (subject to hydrolysis) is 1. The van der Waals surface area contributed by atoms with Crippen LogP contribution in [-0.2, 0) is 4.74 Å². The minimum Gasteiger partial charge on any atom is -0.450 e. The third-order valence-corrected chi connectivity index (χ3v) is 3.32. The molecule has 1 saturated carbocycles. The Morgan fingerprint density at radius 2 is 2.19 bits per heavy atom. The Kier molecular flexibility index (Phi) is 5.06. The van der Waals surface area contributed by atoms with Crippen molar-refractivity contribution in [3.05, 3.63) is 0 Å². The molecule has 1 amide bonds. The van der Waals surface area contributed by atoms with Crippen LogP contribution >= 0.6 is 0 Å². The van der Waals surface area contributed by atoms with E-state index in [1.807, 2.05) is 0 Å². The quantitative estimate of drug-likeness (QED) is 0.707. The number of carbonyl (C=O) groups is 1. The summed E-state index contributed by atoms with van der Waals surface area (Å²) in [5.74, 6) is 0. The van der Waals surface area contributed by atoms with Gasteiger partial charge in [0.25, 0.3) is 0 Å². The fourth-order valence-electron chi connectivity index (χ4n) is 2.30. The molecule has 0 radical (unpaired) electrons. The van der Waals surface area contributed by atoms with Crippen LogP contribution in [0.4, 0.5) is 4.79 Å². The summed E-state index contributed by atoms with van der Waals surface area (Å²) in [6, 6.07) is 0.580. The molecule has 0 aromatic rings. The van der Waals surface area contributed by atoms with Gasteiger partial charge in [-0.3, -0.25) is 0 Å². The molecule has 0 spiro atoms. The van der Waals surface area contributed by atoms with Gasteiger partial charge in [-0.15, -0.1) is 0 Å². The van der Waals surface area contributed by atoms with Crippen LogP contribution in [0.5, 0.6) is 0 Å². The predicted molar refractivity (Wildman–Crippen MR) is 64.4 cm³/mol. The molecule has 0 bridgehead atoms. The fraction of sp³-hybridized carbons (Fsp3) is 0.917. The Morgan fingerprint density at radius 3 is 2.75 bits per heavy atom. The predicted octanol–water partition coefficient (Wildman–Crippen LogP) is 1.90. The first-order chi connectivity index (χ1) is 7.56. The lowest BCUT2D eigenvalue weighted by atomic mass is 9.87. The zero-order valence-electron chi connectivity index (χ0n) is 10.6. The zero-order chi connectivity index (χ0) is 12.0. The van der Waals surface area contributed by atoms with Crippen molar-refractivity contribution in [3.8, 4) is 0 Å². The van der Waals surface area contributed by atoms with Gasteiger partial charge in [0.15, 0.2) is 0 Å². The number of hydrogen-bond acceptors (Lipinski definition) is 3. The molecule has 0 aliphatic heterocycles. The van der Waals surface area contributed by atoms with E-state index in [1.165, 1.54) is 19.3 Å². The number of rotatable bonds is 5. The standard InChI is InChI=1S/C12H24N2O2/c1-4-16-11(15)14-9-8-13-10-6-5-7-12(10,2)3/h10,13H,4-9H2,1-3H3,(H,14,15). The van der Waals surface area contributed by atoms with Crippen molar-refractivity contribution in [2.24, 2.45) is 5.41 Å². The van der Waals surface area contributed by atoms with E-state index in [1.54, 1.807) is 6.92 Å². The van der Waals surface area contributed by atoms with Crippen LogP contribution < -0.4 is 10.6 Å². The van der Waals surface area contributed by atoms with Gasteiger partial charge in [0, 0.05) is 19.1 Å². The van der Waals surface area contributed by atoms with Crippen LogP contribution in [-0.4, -0.2) is 31.8 Å². The summed E-state index contributed by atoms with van der Waals surface area (Å²) in [5.41, 5.74) is 0.393. The smallest absolute Gasteiger partial charge is 0.407 e. The molecule has 0 saturated heterocycles. The van der Waals surface area contributed by atoms with E-state index in [0.717, 1.165) is 6.54 Å². The van der Waals surface area contributed by atoms with Crippen molar-refractivity contribution in [1.29, 1.82) is 0 Å². The van der Waals surface area contributed by atoms with Crippen LogP contribution in [0.3, 0.4) is 0 Å². The molecule has 1 atom stereocenters. The second-order valence-corrected chi connectivity index (χ2v) is 5.03. The lowest BCUT2D eigenvalue weighted by molar-refractivity contribution is 0.152. The minimum absolute atomic E-state index is 0.324. The third-order valence-electron chi connectivity index (χ3n) is 3.32. The number of amides is 1. The first kappa shape index (κ1) is 13.3. The van der Waals surface area contributed by atoms with Crippen molar-refractivity contribution in [3.63, 3.8) is 0 Å². The van der Waals surface area contributed by atoms with E-state index in [4.69, 9.17) is 4.74 Å². The monoisotopic (exact) mass is 228 g/mol. The van der Waals surface area contributed by atoms with Crippen molar-refractivity contribution in [2.75, 3.05) is 19.7 Å². The molecule has 16 heavy (non-hydrogen) atoms. The van der Waals surface area contributed by atoms with Crippen LogP contribution in [0.2, 0.25) is 0 Å². The number of nitrogens with one attached hydrogen (secondary N) is 2. The minimum atomic E-state index is -0.324. The van der Waals surface area contributed by atoms with Gasteiger partial charge in [0.05, 0.1) is 6.61 Å². The Labute approximate surface area is 98.1 Å². The first-order valence-corrected chi connectivity index (χ1v) is 6.20. The third kappa shape index (κ3) is 4.00. The van der Waals surface area contributed by atoms with Crippen molar-refractivity contribution in [2.45, 2.75) is 46.1 Å². The van der Waals surface area contributed by atoms with E-state index in [2.05, 4.69) is 24.5 Å². The van der Waals surface area contributed by atoms with Crippen LogP contribution in [0, 0.1) is 5.41 Å². The molecule has 4 nitrogen and oxygen atoms in total. The Balaban J connectivity index is 2.09. The summed E-state index contributed by atoms with van der Waals surface area (Å²) >= 11 is 0. The van der Waals surface area contributed by atoms with Crippen LogP contribution in [0.25, 0.3) is 0 Å². The molecular formula is C12H24N2O2. The van der Waals surface area contributed by atoms with Crippen molar-refractivity contribution >= 4 is 6.09 Å². The summed E-state index contributed by atoms with van der Waals surface area (Å²) in [4.78, 5) is 11.0. The number of carbonyl (C=O) groups excluding carboxylic acids is 1. The van der Waals surface area contributed by atoms with Crippen LogP contribution in [0.15, 0.2) is 0 Å². The average molecular weight is 228 g/mol. The molecule has 1 rings (SSSR count). The van der Waals surface area contributed by atoms with Gasteiger partial charge in [0.1, 0.15) is 0 Å². The molecule has 1 unspecified atom stereocenters. The highest BCUT2D eigenvalue weighted by Gasteiger charge is 2.33. The highest BCUT2D eigenvalue weighted by atomic mass is 16.5. The molecule has 94 valence electrons. The van der Waals surface area contributed by atoms with E-state index in [0.29, 0.717) is 24.6 Å². The van der Waals surface area contributed by atoms with Gasteiger partial charge >= 0.3 is 6.09 Å². The number of ether oxygens (including phenoxy) is 1. The second kappa shape index (κ2) is 6.09. The molecule has 0 aromatic carbocycles. The van der Waals surface area contributed by atoms with E-state index in [-0.39, 0.29) is 6.09 Å². The summed E-state index contributed by atoms with van der Waals surface area (Å²) in [6.07, 6.45) is 3.51. The summed E-state index contributed by atoms with van der Waals surface area (Å²) in [7, 11) is 0. The maximum Gasteiger partial charge on any atom is 0.407 e. The van der Waals surface area contributed by atoms with Gasteiger partial charge in [-0.05, 0) is 25.2 Å². The molecule has 0 heterocycles. The topological polar surface area (TPSA) is 50.4 Å². The van der Waals surface area contributed by atoms with Crippen molar-refractivity contribution in [1.82, 2.24) is 10.6 Å². The molecular weight excluding hydrogens is 204 g/mol. The highest BCUT2D eigenvalue weighted by molar-refractivity contribution is 5.66. The second-order valence-electron chi connectivity index (χ2n) is 5.03. The van der Waals surface area contributed by atoms with Crippen LogP contribution in [0.1, 0.15) is 40.0 Å². The Morgan fingerprint density at radius 1 is 1.44 bits per heavy atom. The van der Waals surface area contributed by atoms with E-state index < -0.39 is 0 Å². The van der Waals surface area contributed by atoms with E-state index >= 15 is 0 Å². The summed E-state index contributed by atoms with van der Waals surface area (Å²) in [5, 5.41) is 6.21.